The largest absolute Gasteiger partial charge is 0.416 e. The minimum atomic E-state index is -4.28. The van der Waals surface area contributed by atoms with Crippen LogP contribution in [-0.2, 0) is 12.6 Å². The Morgan fingerprint density at radius 1 is 0.950 bits per heavy atom. The smallest absolute Gasteiger partial charge is 0.378 e. The van der Waals surface area contributed by atoms with Crippen molar-refractivity contribution in [3.05, 3.63) is 65.2 Å². The van der Waals surface area contributed by atoms with E-state index in [1.165, 1.54) is 23.3 Å². The highest BCUT2D eigenvalue weighted by atomic mass is 19.4. The Morgan fingerprint density at radius 3 is 2.35 bits per heavy atom. The molecule has 1 atom stereocenters. The highest BCUT2D eigenvalue weighted by Gasteiger charge is 2.30. The molecule has 0 bridgehead atoms. The van der Waals surface area contributed by atoms with Crippen molar-refractivity contribution < 1.29 is 13.2 Å². The molecule has 1 nitrogen and oxygen atoms in total. The van der Waals surface area contributed by atoms with Crippen molar-refractivity contribution >= 4 is 5.69 Å². The van der Waals surface area contributed by atoms with E-state index in [0.717, 1.165) is 30.7 Å². The van der Waals surface area contributed by atoms with Gasteiger partial charge in [0.25, 0.3) is 0 Å². The van der Waals surface area contributed by atoms with E-state index < -0.39 is 11.7 Å². The van der Waals surface area contributed by atoms with Crippen LogP contribution in [0.5, 0.6) is 0 Å². The Balaban J connectivity index is 1.76. The number of nitrogens with one attached hydrogen (secondary N) is 1. The minimum Gasteiger partial charge on any atom is -0.378 e. The summed E-state index contributed by atoms with van der Waals surface area (Å²) in [5, 5.41) is 3.31. The van der Waals surface area contributed by atoms with Crippen LogP contribution in [0.1, 0.15) is 29.2 Å². The molecular weight excluding hydrogens is 263 g/mol. The topological polar surface area (TPSA) is 12.0 Å². The first-order valence-corrected chi connectivity index (χ1v) is 6.55. The fraction of sp³-hybridized carbons (Fsp3) is 0.250. The molecule has 1 aliphatic rings. The van der Waals surface area contributed by atoms with E-state index in [1.807, 2.05) is 12.1 Å². The number of fused-ring (bicyclic) bond motifs is 1. The molecule has 2 aromatic rings. The molecule has 3 rings (SSSR count). The lowest BCUT2D eigenvalue weighted by atomic mass is 10.1. The third kappa shape index (κ3) is 2.50. The Morgan fingerprint density at radius 2 is 1.65 bits per heavy atom. The van der Waals surface area contributed by atoms with Gasteiger partial charge in [0.05, 0.1) is 11.6 Å². The maximum atomic E-state index is 12.5. The van der Waals surface area contributed by atoms with Gasteiger partial charge in [-0.05, 0) is 48.2 Å². The van der Waals surface area contributed by atoms with Crippen LogP contribution in [0.25, 0.3) is 0 Å². The van der Waals surface area contributed by atoms with Crippen LogP contribution in [0.2, 0.25) is 0 Å². The Kier molecular flexibility index (Phi) is 3.16. The van der Waals surface area contributed by atoms with Gasteiger partial charge in [-0.3, -0.25) is 0 Å². The molecule has 0 saturated carbocycles. The van der Waals surface area contributed by atoms with E-state index in [-0.39, 0.29) is 6.04 Å². The summed E-state index contributed by atoms with van der Waals surface area (Å²) in [6.07, 6.45) is -2.30. The lowest BCUT2D eigenvalue weighted by molar-refractivity contribution is -0.137. The van der Waals surface area contributed by atoms with Crippen molar-refractivity contribution in [3.8, 4) is 0 Å². The molecule has 20 heavy (non-hydrogen) atoms. The van der Waals surface area contributed by atoms with Gasteiger partial charge >= 0.3 is 6.18 Å². The fourth-order valence-electron chi connectivity index (χ4n) is 2.66. The van der Waals surface area contributed by atoms with Gasteiger partial charge < -0.3 is 5.32 Å². The summed E-state index contributed by atoms with van der Waals surface area (Å²) in [5.74, 6) is 0. The van der Waals surface area contributed by atoms with Crippen molar-refractivity contribution in [2.75, 3.05) is 5.32 Å². The zero-order chi connectivity index (χ0) is 14.2. The number of halogens is 3. The van der Waals surface area contributed by atoms with Gasteiger partial charge in [0, 0.05) is 5.69 Å². The molecule has 4 heteroatoms. The van der Waals surface area contributed by atoms with Crippen LogP contribution in [0.15, 0.2) is 48.5 Å². The highest BCUT2D eigenvalue weighted by molar-refractivity contribution is 5.49. The van der Waals surface area contributed by atoms with Crippen molar-refractivity contribution in [1.82, 2.24) is 0 Å². The van der Waals surface area contributed by atoms with E-state index in [0.29, 0.717) is 0 Å². The summed E-state index contributed by atoms with van der Waals surface area (Å²) >= 11 is 0. The average molecular weight is 277 g/mol. The van der Waals surface area contributed by atoms with Crippen molar-refractivity contribution in [3.63, 3.8) is 0 Å². The number of hydrogen-bond acceptors (Lipinski definition) is 1. The second-order valence-electron chi connectivity index (χ2n) is 5.01. The van der Waals surface area contributed by atoms with Gasteiger partial charge in [-0.15, -0.1) is 0 Å². The Labute approximate surface area is 115 Å². The molecular formula is C16H14F3N. The van der Waals surface area contributed by atoms with Gasteiger partial charge in [-0.2, -0.15) is 13.2 Å². The summed E-state index contributed by atoms with van der Waals surface area (Å²) in [5.41, 5.74) is 2.67. The van der Waals surface area contributed by atoms with Crippen molar-refractivity contribution in [2.24, 2.45) is 0 Å². The Hall–Kier alpha value is -1.97. The molecule has 0 aromatic heterocycles. The molecule has 0 spiro atoms. The first-order chi connectivity index (χ1) is 9.54. The molecule has 0 aliphatic heterocycles. The molecule has 0 heterocycles. The first kappa shape index (κ1) is 13.0. The van der Waals surface area contributed by atoms with E-state index in [1.54, 1.807) is 0 Å². The lowest BCUT2D eigenvalue weighted by Crippen LogP contribution is -2.08. The number of rotatable bonds is 2. The maximum absolute atomic E-state index is 12.5. The first-order valence-electron chi connectivity index (χ1n) is 6.55. The third-order valence-electron chi connectivity index (χ3n) is 3.69. The summed E-state index contributed by atoms with van der Waals surface area (Å²) in [4.78, 5) is 0. The predicted octanol–water partition coefficient (Wildman–Crippen LogP) is 4.80. The minimum absolute atomic E-state index is 0.183. The van der Waals surface area contributed by atoms with E-state index >= 15 is 0 Å². The fourth-order valence-corrected chi connectivity index (χ4v) is 2.66. The molecule has 1 N–H and O–H groups in total. The number of hydrogen-bond donors (Lipinski definition) is 1. The third-order valence-corrected chi connectivity index (χ3v) is 3.69. The molecule has 2 aromatic carbocycles. The highest BCUT2D eigenvalue weighted by Crippen LogP contribution is 2.34. The molecule has 1 unspecified atom stereocenters. The standard InChI is InChI=1S/C16H14F3N/c17-16(18,19)12-6-8-13(9-7-12)20-15-10-5-11-3-1-2-4-14(11)15/h1-4,6-9,15,20H,5,10H2. The van der Waals surface area contributed by atoms with Crippen molar-refractivity contribution in [2.45, 2.75) is 25.1 Å². The molecule has 0 amide bonds. The summed E-state index contributed by atoms with van der Waals surface area (Å²) < 4.78 is 37.5. The number of aryl methyl sites for hydroxylation is 1. The van der Waals surface area contributed by atoms with Crippen LogP contribution in [0, 0.1) is 0 Å². The van der Waals surface area contributed by atoms with Crippen LogP contribution in [0.3, 0.4) is 0 Å². The van der Waals surface area contributed by atoms with Gasteiger partial charge in [0.15, 0.2) is 0 Å². The van der Waals surface area contributed by atoms with Crippen LogP contribution >= 0.6 is 0 Å². The zero-order valence-electron chi connectivity index (χ0n) is 10.7. The van der Waals surface area contributed by atoms with Crippen LogP contribution in [0.4, 0.5) is 18.9 Å². The zero-order valence-corrected chi connectivity index (χ0v) is 10.7. The number of anilines is 1. The quantitative estimate of drug-likeness (QED) is 0.831. The molecule has 1 aliphatic carbocycles. The Bertz CT molecular complexity index is 602. The normalized spacial score (nSPS) is 17.9. The van der Waals surface area contributed by atoms with Crippen LogP contribution in [-0.4, -0.2) is 0 Å². The van der Waals surface area contributed by atoms with Crippen molar-refractivity contribution in [1.29, 1.82) is 0 Å². The maximum Gasteiger partial charge on any atom is 0.416 e. The average Bonchev–Trinajstić information content (AvgIpc) is 2.82. The second-order valence-corrected chi connectivity index (χ2v) is 5.01. The monoisotopic (exact) mass is 277 g/mol. The summed E-state index contributed by atoms with van der Waals surface area (Å²) in [6, 6.07) is 13.6. The number of benzene rings is 2. The molecule has 104 valence electrons. The van der Waals surface area contributed by atoms with Crippen LogP contribution < -0.4 is 5.32 Å². The predicted molar refractivity (Wildman–Crippen MR) is 72.6 cm³/mol. The van der Waals surface area contributed by atoms with Gasteiger partial charge in [0.1, 0.15) is 0 Å². The SMILES string of the molecule is FC(F)(F)c1ccc(NC2CCc3ccccc32)cc1. The second kappa shape index (κ2) is 4.85. The van der Waals surface area contributed by atoms with Gasteiger partial charge in [-0.25, -0.2) is 0 Å². The van der Waals surface area contributed by atoms with E-state index in [2.05, 4.69) is 17.4 Å². The van der Waals surface area contributed by atoms with E-state index in [4.69, 9.17) is 0 Å². The lowest BCUT2D eigenvalue weighted by Gasteiger charge is -2.16. The van der Waals surface area contributed by atoms with E-state index in [9.17, 15) is 13.2 Å². The van der Waals surface area contributed by atoms with Gasteiger partial charge in [0.2, 0.25) is 0 Å². The van der Waals surface area contributed by atoms with Gasteiger partial charge in [-0.1, -0.05) is 24.3 Å². The summed E-state index contributed by atoms with van der Waals surface area (Å²) in [7, 11) is 0. The number of alkyl halides is 3. The molecule has 0 radical (unpaired) electrons. The molecule has 0 saturated heterocycles. The molecule has 0 fully saturated rings. The summed E-state index contributed by atoms with van der Waals surface area (Å²) in [6.45, 7) is 0.